The molecule has 0 aliphatic heterocycles. The highest BCUT2D eigenvalue weighted by atomic mass is 35.5. The molecule has 0 amide bonds. The fraction of sp³-hybridized carbons (Fsp3) is 0.143. The van der Waals surface area contributed by atoms with E-state index in [9.17, 15) is 15.2 Å². The number of aliphatic hydroxyl groups is 1. The van der Waals surface area contributed by atoms with Gasteiger partial charge in [0.2, 0.25) is 0 Å². The van der Waals surface area contributed by atoms with Crippen LogP contribution in [-0.4, -0.2) is 10.0 Å². The summed E-state index contributed by atoms with van der Waals surface area (Å²) in [7, 11) is 0. The van der Waals surface area contributed by atoms with Gasteiger partial charge in [-0.3, -0.25) is 10.1 Å². The zero-order valence-electron chi connectivity index (χ0n) is 10.9. The van der Waals surface area contributed by atoms with Crippen molar-refractivity contribution in [2.24, 2.45) is 0 Å². The molecule has 0 fully saturated rings. The summed E-state index contributed by atoms with van der Waals surface area (Å²) in [6.07, 6.45) is -0.739. The Morgan fingerprint density at radius 3 is 2.33 bits per heavy atom. The lowest BCUT2D eigenvalue weighted by atomic mass is 10.1. The molecule has 0 aromatic heterocycles. The van der Waals surface area contributed by atoms with Gasteiger partial charge in [-0.15, -0.1) is 0 Å². The van der Waals surface area contributed by atoms with Gasteiger partial charge in [-0.25, -0.2) is 0 Å². The molecule has 0 spiro atoms. The Balaban J connectivity index is 2.43. The van der Waals surface area contributed by atoms with Crippen molar-refractivity contribution in [3.63, 3.8) is 0 Å². The standard InChI is InChI=1S/C14H11Cl2NO4/c1-8(18)10-4-2-3-5-13(10)21-14-11(15)6-9(17(19)20)7-12(14)16/h2-8,18H,1H3. The summed E-state index contributed by atoms with van der Waals surface area (Å²) in [5.41, 5.74) is 0.337. The van der Waals surface area contributed by atoms with Crippen molar-refractivity contribution >= 4 is 28.9 Å². The predicted octanol–water partition coefficient (Wildman–Crippen LogP) is 4.75. The SMILES string of the molecule is CC(O)c1ccccc1Oc1c(Cl)cc([N+](=O)[O-])cc1Cl. The average molecular weight is 328 g/mol. The number of nitro benzene ring substituents is 1. The molecule has 0 saturated heterocycles. The van der Waals surface area contributed by atoms with E-state index in [-0.39, 0.29) is 21.5 Å². The summed E-state index contributed by atoms with van der Waals surface area (Å²) >= 11 is 12.0. The maximum atomic E-state index is 10.7. The van der Waals surface area contributed by atoms with Gasteiger partial charge in [-0.05, 0) is 13.0 Å². The summed E-state index contributed by atoms with van der Waals surface area (Å²) < 4.78 is 5.62. The molecule has 0 radical (unpaired) electrons. The van der Waals surface area contributed by atoms with Crippen molar-refractivity contribution in [3.8, 4) is 11.5 Å². The van der Waals surface area contributed by atoms with Crippen LogP contribution in [0.3, 0.4) is 0 Å². The third-order valence-electron chi connectivity index (χ3n) is 2.77. The van der Waals surface area contributed by atoms with Gasteiger partial charge in [-0.1, -0.05) is 41.4 Å². The van der Waals surface area contributed by atoms with E-state index in [4.69, 9.17) is 27.9 Å². The monoisotopic (exact) mass is 327 g/mol. The molecule has 0 heterocycles. The molecule has 5 nitrogen and oxygen atoms in total. The van der Waals surface area contributed by atoms with Crippen LogP contribution in [0.5, 0.6) is 11.5 Å². The Morgan fingerprint density at radius 2 is 1.81 bits per heavy atom. The molecule has 1 unspecified atom stereocenters. The first-order chi connectivity index (χ1) is 9.90. The van der Waals surface area contributed by atoms with Crippen LogP contribution in [0, 0.1) is 10.1 Å². The normalized spacial score (nSPS) is 12.0. The van der Waals surface area contributed by atoms with Crippen LogP contribution in [0.2, 0.25) is 10.0 Å². The Kier molecular flexibility index (Phi) is 4.67. The second-order valence-electron chi connectivity index (χ2n) is 4.31. The van der Waals surface area contributed by atoms with E-state index in [1.165, 1.54) is 0 Å². The van der Waals surface area contributed by atoms with E-state index in [2.05, 4.69) is 0 Å². The summed E-state index contributed by atoms with van der Waals surface area (Å²) in [5, 5.41) is 20.5. The van der Waals surface area contributed by atoms with Gasteiger partial charge < -0.3 is 9.84 Å². The summed E-state index contributed by atoms with van der Waals surface area (Å²) in [5.74, 6) is 0.488. The maximum Gasteiger partial charge on any atom is 0.272 e. The number of benzene rings is 2. The second-order valence-corrected chi connectivity index (χ2v) is 5.13. The number of halogens is 2. The van der Waals surface area contributed by atoms with Crippen molar-refractivity contribution in [2.75, 3.05) is 0 Å². The minimum absolute atomic E-state index is 0.0228. The predicted molar refractivity (Wildman–Crippen MR) is 80.3 cm³/mol. The first-order valence-electron chi connectivity index (χ1n) is 5.98. The lowest BCUT2D eigenvalue weighted by Gasteiger charge is -2.14. The Morgan fingerprint density at radius 1 is 1.24 bits per heavy atom. The maximum absolute atomic E-state index is 10.7. The number of para-hydroxylation sites is 1. The van der Waals surface area contributed by atoms with Crippen molar-refractivity contribution in [1.82, 2.24) is 0 Å². The lowest BCUT2D eigenvalue weighted by Crippen LogP contribution is -1.97. The molecule has 0 saturated carbocycles. The molecule has 7 heteroatoms. The Labute approximate surface area is 130 Å². The molecule has 2 aromatic rings. The van der Waals surface area contributed by atoms with Gasteiger partial charge >= 0.3 is 0 Å². The number of nitrogens with zero attached hydrogens (tertiary/aromatic N) is 1. The molecule has 110 valence electrons. The molecule has 1 N–H and O–H groups in total. The van der Waals surface area contributed by atoms with E-state index >= 15 is 0 Å². The number of ether oxygens (including phenoxy) is 1. The van der Waals surface area contributed by atoms with Gasteiger partial charge in [0, 0.05) is 17.7 Å². The number of aliphatic hydroxyl groups excluding tert-OH is 1. The molecule has 2 rings (SSSR count). The van der Waals surface area contributed by atoms with E-state index < -0.39 is 11.0 Å². The second kappa shape index (κ2) is 6.30. The minimum Gasteiger partial charge on any atom is -0.454 e. The quantitative estimate of drug-likeness (QED) is 0.649. The molecule has 2 aromatic carbocycles. The Bertz CT molecular complexity index is 665. The first-order valence-corrected chi connectivity index (χ1v) is 6.74. The molecule has 21 heavy (non-hydrogen) atoms. The average Bonchev–Trinajstić information content (AvgIpc) is 2.42. The van der Waals surface area contributed by atoms with E-state index in [1.54, 1.807) is 31.2 Å². The van der Waals surface area contributed by atoms with Crippen molar-refractivity contribution in [3.05, 3.63) is 62.1 Å². The van der Waals surface area contributed by atoms with Crippen LogP contribution in [0.15, 0.2) is 36.4 Å². The fourth-order valence-electron chi connectivity index (χ4n) is 1.78. The van der Waals surface area contributed by atoms with E-state index in [0.29, 0.717) is 11.3 Å². The first kappa shape index (κ1) is 15.6. The van der Waals surface area contributed by atoms with Gasteiger partial charge in [0.15, 0.2) is 5.75 Å². The minimum atomic E-state index is -0.739. The molecule has 0 aliphatic carbocycles. The number of hydrogen-bond acceptors (Lipinski definition) is 4. The van der Waals surface area contributed by atoms with Crippen LogP contribution in [0.4, 0.5) is 5.69 Å². The van der Waals surface area contributed by atoms with Gasteiger partial charge in [0.25, 0.3) is 5.69 Å². The molecular formula is C14H11Cl2NO4. The fourth-order valence-corrected chi connectivity index (χ4v) is 2.33. The van der Waals surface area contributed by atoms with Crippen LogP contribution < -0.4 is 4.74 Å². The van der Waals surface area contributed by atoms with Crippen LogP contribution in [-0.2, 0) is 0 Å². The highest BCUT2D eigenvalue weighted by Crippen LogP contribution is 2.40. The number of hydrogen-bond donors (Lipinski definition) is 1. The number of nitro groups is 1. The smallest absolute Gasteiger partial charge is 0.272 e. The molecule has 0 aliphatic rings. The zero-order chi connectivity index (χ0) is 15.6. The number of non-ortho nitro benzene ring substituents is 1. The van der Waals surface area contributed by atoms with Gasteiger partial charge in [0.1, 0.15) is 5.75 Å². The summed E-state index contributed by atoms with van der Waals surface area (Å²) in [4.78, 5) is 10.1. The number of rotatable bonds is 4. The summed E-state index contributed by atoms with van der Waals surface area (Å²) in [6.45, 7) is 1.60. The van der Waals surface area contributed by atoms with Crippen LogP contribution >= 0.6 is 23.2 Å². The molecule has 0 bridgehead atoms. The zero-order valence-corrected chi connectivity index (χ0v) is 12.4. The molecular weight excluding hydrogens is 317 g/mol. The highest BCUT2D eigenvalue weighted by Gasteiger charge is 2.18. The third kappa shape index (κ3) is 3.44. The van der Waals surface area contributed by atoms with Crippen molar-refractivity contribution in [1.29, 1.82) is 0 Å². The van der Waals surface area contributed by atoms with Gasteiger partial charge in [-0.2, -0.15) is 0 Å². The Hall–Kier alpha value is -1.82. The van der Waals surface area contributed by atoms with E-state index in [1.807, 2.05) is 0 Å². The topological polar surface area (TPSA) is 72.6 Å². The van der Waals surface area contributed by atoms with Crippen molar-refractivity contribution in [2.45, 2.75) is 13.0 Å². The molecule has 1 atom stereocenters. The van der Waals surface area contributed by atoms with E-state index in [0.717, 1.165) is 12.1 Å². The summed E-state index contributed by atoms with van der Waals surface area (Å²) in [6, 6.07) is 9.16. The van der Waals surface area contributed by atoms with Crippen LogP contribution in [0.1, 0.15) is 18.6 Å². The largest absolute Gasteiger partial charge is 0.454 e. The highest BCUT2D eigenvalue weighted by molar-refractivity contribution is 6.37. The van der Waals surface area contributed by atoms with Crippen LogP contribution in [0.25, 0.3) is 0 Å². The van der Waals surface area contributed by atoms with Crippen molar-refractivity contribution < 1.29 is 14.8 Å². The lowest BCUT2D eigenvalue weighted by molar-refractivity contribution is -0.384. The third-order valence-corrected chi connectivity index (χ3v) is 3.34. The van der Waals surface area contributed by atoms with Gasteiger partial charge in [0.05, 0.1) is 21.1 Å².